The highest BCUT2D eigenvalue weighted by Gasteiger charge is 2.12. The minimum atomic E-state index is -0.0364. The van der Waals surface area contributed by atoms with E-state index >= 15 is 0 Å². The normalized spacial score (nSPS) is 10.5. The quantitative estimate of drug-likeness (QED) is 0.626. The number of hydrogen-bond donors (Lipinski definition) is 2. The minimum Gasteiger partial charge on any atom is -0.399 e. The third kappa shape index (κ3) is 3.45. The van der Waals surface area contributed by atoms with E-state index in [0.29, 0.717) is 23.0 Å². The fraction of sp³-hybridized carbons (Fsp3) is 0.417. The molecule has 0 aliphatic heterocycles. The third-order valence-corrected chi connectivity index (χ3v) is 3.01. The summed E-state index contributed by atoms with van der Waals surface area (Å²) in [6, 6.07) is 5.40. The van der Waals surface area contributed by atoms with Crippen LogP contribution < -0.4 is 11.1 Å². The molecule has 0 radical (unpaired) electrons. The molecule has 0 fully saturated rings. The first-order chi connectivity index (χ1) is 7.54. The molecule has 3 N–H and O–H groups in total. The molecule has 0 bridgehead atoms. The van der Waals surface area contributed by atoms with Gasteiger partial charge in [0.1, 0.15) is 0 Å². The molecule has 1 rings (SSSR count). The molecular weight excluding hydrogens is 220 g/mol. The summed E-state index contributed by atoms with van der Waals surface area (Å²) in [5.41, 5.74) is 7.13. The molecule has 3 nitrogen and oxygen atoms in total. The molecule has 0 aromatic heterocycles. The molecule has 0 atom stereocenters. The molecule has 0 saturated carbocycles. The second-order valence-electron chi connectivity index (χ2n) is 3.78. The van der Waals surface area contributed by atoms with E-state index in [1.54, 1.807) is 23.9 Å². The lowest BCUT2D eigenvalue weighted by atomic mass is 10.2. The smallest absolute Gasteiger partial charge is 0.252 e. The van der Waals surface area contributed by atoms with Gasteiger partial charge < -0.3 is 11.1 Å². The van der Waals surface area contributed by atoms with E-state index in [9.17, 15) is 4.79 Å². The van der Waals surface area contributed by atoms with Crippen molar-refractivity contribution in [2.75, 3.05) is 12.3 Å². The number of hydrogen-bond acceptors (Lipinski definition) is 3. The lowest BCUT2D eigenvalue weighted by Crippen LogP contribution is -2.23. The van der Waals surface area contributed by atoms with E-state index in [4.69, 9.17) is 5.73 Å². The average Bonchev–Trinajstić information content (AvgIpc) is 2.16. The van der Waals surface area contributed by atoms with Gasteiger partial charge in [0.25, 0.3) is 5.91 Å². The third-order valence-electron chi connectivity index (χ3n) is 1.95. The van der Waals surface area contributed by atoms with Crippen LogP contribution in [0.5, 0.6) is 0 Å². The summed E-state index contributed by atoms with van der Waals surface area (Å²) in [6.45, 7) is 6.73. The molecule has 4 heteroatoms. The van der Waals surface area contributed by atoms with Crippen LogP contribution in [0.1, 0.15) is 31.1 Å². The number of amides is 1. The van der Waals surface area contributed by atoms with Gasteiger partial charge in [0.2, 0.25) is 0 Å². The molecule has 0 unspecified atom stereocenters. The van der Waals surface area contributed by atoms with Gasteiger partial charge in [-0.25, -0.2) is 0 Å². The Labute approximate surface area is 101 Å². The molecule has 1 aromatic rings. The number of nitrogens with one attached hydrogen (secondary N) is 1. The second kappa shape index (κ2) is 5.80. The molecule has 0 saturated heterocycles. The van der Waals surface area contributed by atoms with E-state index in [0.717, 1.165) is 4.90 Å². The van der Waals surface area contributed by atoms with Crippen molar-refractivity contribution in [3.63, 3.8) is 0 Å². The number of anilines is 1. The summed E-state index contributed by atoms with van der Waals surface area (Å²) in [4.78, 5) is 12.7. The predicted octanol–water partition coefficient (Wildman–Crippen LogP) is 2.52. The van der Waals surface area contributed by atoms with Crippen LogP contribution in [0.15, 0.2) is 23.1 Å². The van der Waals surface area contributed by atoms with Gasteiger partial charge in [-0.2, -0.15) is 0 Å². The lowest BCUT2D eigenvalue weighted by Gasteiger charge is -2.11. The number of carbonyl (C=O) groups excluding carboxylic acids is 1. The first-order valence-corrected chi connectivity index (χ1v) is 6.27. The van der Waals surface area contributed by atoms with Crippen molar-refractivity contribution < 1.29 is 4.79 Å². The van der Waals surface area contributed by atoms with Gasteiger partial charge in [0.15, 0.2) is 0 Å². The van der Waals surface area contributed by atoms with Crippen molar-refractivity contribution in [3.05, 3.63) is 23.8 Å². The molecule has 0 spiro atoms. The van der Waals surface area contributed by atoms with Crippen molar-refractivity contribution in [1.82, 2.24) is 5.32 Å². The lowest BCUT2D eigenvalue weighted by molar-refractivity contribution is 0.0953. The van der Waals surface area contributed by atoms with E-state index in [1.165, 1.54) is 0 Å². The number of nitrogen functional groups attached to an aromatic ring is 1. The van der Waals surface area contributed by atoms with Gasteiger partial charge >= 0.3 is 0 Å². The highest BCUT2D eigenvalue weighted by molar-refractivity contribution is 8.00. The Morgan fingerprint density at radius 2 is 2.19 bits per heavy atom. The van der Waals surface area contributed by atoms with Crippen LogP contribution in [0.25, 0.3) is 0 Å². The van der Waals surface area contributed by atoms with Gasteiger partial charge in [-0.05, 0) is 25.1 Å². The zero-order chi connectivity index (χ0) is 12.1. The van der Waals surface area contributed by atoms with Gasteiger partial charge in [-0.3, -0.25) is 4.79 Å². The first kappa shape index (κ1) is 12.9. The van der Waals surface area contributed by atoms with Crippen molar-refractivity contribution in [1.29, 1.82) is 0 Å². The molecule has 88 valence electrons. The minimum absolute atomic E-state index is 0.0364. The largest absolute Gasteiger partial charge is 0.399 e. The molecule has 16 heavy (non-hydrogen) atoms. The van der Waals surface area contributed by atoms with Crippen LogP contribution >= 0.6 is 11.8 Å². The van der Waals surface area contributed by atoms with Crippen LogP contribution in [-0.2, 0) is 0 Å². The Morgan fingerprint density at radius 1 is 1.50 bits per heavy atom. The number of benzene rings is 1. The van der Waals surface area contributed by atoms with Gasteiger partial charge in [-0.15, -0.1) is 11.8 Å². The van der Waals surface area contributed by atoms with Crippen molar-refractivity contribution in [2.45, 2.75) is 30.9 Å². The van der Waals surface area contributed by atoms with Gasteiger partial charge in [-0.1, -0.05) is 13.8 Å². The molecule has 0 heterocycles. The number of rotatable bonds is 4. The van der Waals surface area contributed by atoms with Crippen molar-refractivity contribution in [3.8, 4) is 0 Å². The standard InChI is InChI=1S/C12H18N2OS/c1-4-14-12(15)10-6-5-9(13)7-11(10)16-8(2)3/h5-8H,4,13H2,1-3H3,(H,14,15). The first-order valence-electron chi connectivity index (χ1n) is 5.39. The summed E-state index contributed by atoms with van der Waals surface area (Å²) in [5, 5.41) is 3.23. The monoisotopic (exact) mass is 238 g/mol. The maximum Gasteiger partial charge on any atom is 0.252 e. The Bertz CT molecular complexity index is 377. The molecule has 1 aromatic carbocycles. The maximum absolute atomic E-state index is 11.8. The van der Waals surface area contributed by atoms with E-state index in [1.807, 2.05) is 13.0 Å². The van der Waals surface area contributed by atoms with Crippen molar-refractivity contribution >= 4 is 23.4 Å². The second-order valence-corrected chi connectivity index (χ2v) is 5.40. The van der Waals surface area contributed by atoms with Gasteiger partial charge in [0.05, 0.1) is 5.56 Å². The van der Waals surface area contributed by atoms with Crippen molar-refractivity contribution in [2.24, 2.45) is 0 Å². The number of carbonyl (C=O) groups is 1. The van der Waals surface area contributed by atoms with Crippen LogP contribution in [0.3, 0.4) is 0 Å². The van der Waals surface area contributed by atoms with E-state index in [-0.39, 0.29) is 5.91 Å². The van der Waals surface area contributed by atoms with Crippen LogP contribution in [0.2, 0.25) is 0 Å². The Hall–Kier alpha value is -1.16. The van der Waals surface area contributed by atoms with E-state index < -0.39 is 0 Å². The Morgan fingerprint density at radius 3 is 2.75 bits per heavy atom. The SMILES string of the molecule is CCNC(=O)c1ccc(N)cc1SC(C)C. The molecular formula is C12H18N2OS. The van der Waals surface area contributed by atoms with Crippen LogP contribution in [0.4, 0.5) is 5.69 Å². The topological polar surface area (TPSA) is 55.1 Å². The van der Waals surface area contributed by atoms with Gasteiger partial charge in [0, 0.05) is 22.4 Å². The summed E-state index contributed by atoms with van der Waals surface area (Å²) in [7, 11) is 0. The zero-order valence-corrected chi connectivity index (χ0v) is 10.7. The molecule has 1 amide bonds. The summed E-state index contributed by atoms with van der Waals surface area (Å²) in [5.74, 6) is -0.0364. The van der Waals surface area contributed by atoms with E-state index in [2.05, 4.69) is 19.2 Å². The fourth-order valence-electron chi connectivity index (χ4n) is 1.33. The highest BCUT2D eigenvalue weighted by Crippen LogP contribution is 2.28. The summed E-state index contributed by atoms with van der Waals surface area (Å²) < 4.78 is 0. The number of nitrogens with two attached hydrogens (primary N) is 1. The predicted molar refractivity (Wildman–Crippen MR) is 69.9 cm³/mol. The Balaban J connectivity index is 3.02. The Kier molecular flexibility index (Phi) is 4.68. The maximum atomic E-state index is 11.8. The highest BCUT2D eigenvalue weighted by atomic mass is 32.2. The zero-order valence-electron chi connectivity index (χ0n) is 9.91. The average molecular weight is 238 g/mol. The van der Waals surface area contributed by atoms with Crippen LogP contribution in [-0.4, -0.2) is 17.7 Å². The summed E-state index contributed by atoms with van der Waals surface area (Å²) >= 11 is 1.65. The summed E-state index contributed by atoms with van der Waals surface area (Å²) in [6.07, 6.45) is 0. The number of thioether (sulfide) groups is 1. The fourth-order valence-corrected chi connectivity index (χ4v) is 2.33. The van der Waals surface area contributed by atoms with Crippen LogP contribution in [0, 0.1) is 0 Å². The molecule has 0 aliphatic carbocycles. The molecule has 0 aliphatic rings.